The fraction of sp³-hybridized carbons (Fsp3) is 0.333. The van der Waals surface area contributed by atoms with E-state index in [1.807, 2.05) is 0 Å². The Morgan fingerprint density at radius 1 is 1.40 bits per heavy atom. The van der Waals surface area contributed by atoms with Crippen molar-refractivity contribution in [2.24, 2.45) is 5.73 Å². The highest BCUT2D eigenvalue weighted by Gasteiger charge is 2.44. The van der Waals surface area contributed by atoms with Gasteiger partial charge in [-0.2, -0.15) is 0 Å². The highest BCUT2D eigenvalue weighted by molar-refractivity contribution is 5.85. The van der Waals surface area contributed by atoms with Crippen molar-refractivity contribution in [2.45, 2.75) is 12.1 Å². The number of aromatic nitrogens is 4. The normalized spacial score (nSPS) is 22.1. The number of hydrogen-bond donors (Lipinski definition) is 1. The molecule has 1 aliphatic rings. The zero-order valence-corrected chi connectivity index (χ0v) is 10.6. The second-order valence-corrected chi connectivity index (χ2v) is 4.71. The average Bonchev–Trinajstić information content (AvgIpc) is 3.09. The topological polar surface area (TPSA) is 89.9 Å². The molecule has 0 bridgehead atoms. The smallest absolute Gasteiger partial charge is 0.257 e. The molecule has 0 aromatic carbocycles. The molecular formula is C12H13FN6O. The monoisotopic (exact) mass is 276 g/mol. The number of halogens is 1. The predicted molar refractivity (Wildman–Crippen MR) is 69.0 cm³/mol. The number of amides is 1. The summed E-state index contributed by atoms with van der Waals surface area (Å²) in [5.41, 5.74) is 3.11. The summed E-state index contributed by atoms with van der Waals surface area (Å²) >= 11 is 0. The molecule has 0 saturated carbocycles. The molecule has 1 unspecified atom stereocenters. The molecule has 2 N–H and O–H groups in total. The summed E-state index contributed by atoms with van der Waals surface area (Å²) < 4.78 is 15.9. The Hall–Kier alpha value is -2.51. The molecular weight excluding hydrogens is 263 g/mol. The molecule has 20 heavy (non-hydrogen) atoms. The number of carbonyl (C=O) groups excluding carboxylic acids is 1. The molecule has 0 aliphatic carbocycles. The Morgan fingerprint density at radius 3 is 2.85 bits per heavy atom. The maximum absolute atomic E-state index is 14.2. The summed E-state index contributed by atoms with van der Waals surface area (Å²) in [7, 11) is 0. The van der Waals surface area contributed by atoms with Crippen molar-refractivity contribution in [3.8, 4) is 5.82 Å². The van der Waals surface area contributed by atoms with Gasteiger partial charge in [-0.3, -0.25) is 9.36 Å². The molecule has 1 atom stereocenters. The van der Waals surface area contributed by atoms with Gasteiger partial charge in [-0.15, -0.1) is 0 Å². The number of alkyl halides is 1. The van der Waals surface area contributed by atoms with Crippen LogP contribution in [0.15, 0.2) is 31.1 Å². The van der Waals surface area contributed by atoms with Crippen molar-refractivity contribution < 1.29 is 9.18 Å². The molecule has 1 fully saturated rings. The first-order chi connectivity index (χ1) is 9.58. The van der Waals surface area contributed by atoms with Gasteiger partial charge in [0.25, 0.3) is 5.91 Å². The zero-order valence-electron chi connectivity index (χ0n) is 10.6. The van der Waals surface area contributed by atoms with Crippen LogP contribution in [-0.4, -0.2) is 44.2 Å². The Bertz CT molecular complexity index is 631. The van der Waals surface area contributed by atoms with Crippen molar-refractivity contribution in [1.29, 1.82) is 0 Å². The van der Waals surface area contributed by atoms with Crippen molar-refractivity contribution in [1.82, 2.24) is 19.5 Å². The fourth-order valence-corrected chi connectivity index (χ4v) is 2.22. The van der Waals surface area contributed by atoms with Crippen molar-refractivity contribution in [3.05, 3.63) is 31.1 Å². The van der Waals surface area contributed by atoms with E-state index in [1.54, 1.807) is 34.3 Å². The number of imidazole rings is 1. The van der Waals surface area contributed by atoms with Gasteiger partial charge in [0.05, 0.1) is 6.54 Å². The highest BCUT2D eigenvalue weighted by atomic mass is 19.1. The molecule has 1 amide bonds. The molecule has 104 valence electrons. The molecule has 3 rings (SSSR count). The van der Waals surface area contributed by atoms with Crippen LogP contribution in [0.1, 0.15) is 6.42 Å². The lowest BCUT2D eigenvalue weighted by atomic mass is 10.1. The first-order valence-corrected chi connectivity index (χ1v) is 6.13. The second-order valence-electron chi connectivity index (χ2n) is 4.71. The van der Waals surface area contributed by atoms with Crippen LogP contribution >= 0.6 is 0 Å². The van der Waals surface area contributed by atoms with E-state index in [0.29, 0.717) is 18.2 Å². The van der Waals surface area contributed by atoms with Crippen LogP contribution in [0, 0.1) is 0 Å². The summed E-state index contributed by atoms with van der Waals surface area (Å²) in [5, 5.41) is 0. The van der Waals surface area contributed by atoms with Gasteiger partial charge < -0.3 is 10.6 Å². The van der Waals surface area contributed by atoms with Gasteiger partial charge in [0.2, 0.25) is 5.67 Å². The summed E-state index contributed by atoms with van der Waals surface area (Å²) in [5.74, 6) is 0.260. The van der Waals surface area contributed by atoms with Crippen molar-refractivity contribution in [3.63, 3.8) is 0 Å². The summed E-state index contributed by atoms with van der Waals surface area (Å²) in [6.07, 6.45) is 6.47. The molecule has 1 saturated heterocycles. The minimum absolute atomic E-state index is 0.0761. The Morgan fingerprint density at radius 2 is 2.20 bits per heavy atom. The van der Waals surface area contributed by atoms with Gasteiger partial charge in [0, 0.05) is 31.4 Å². The minimum Gasteiger partial charge on any atom is -0.367 e. The first kappa shape index (κ1) is 12.5. The number of primary amides is 1. The maximum atomic E-state index is 14.2. The molecule has 2 aromatic rings. The van der Waals surface area contributed by atoms with E-state index in [1.165, 1.54) is 6.33 Å². The molecule has 0 radical (unpaired) electrons. The lowest BCUT2D eigenvalue weighted by Gasteiger charge is -2.19. The SMILES string of the molecule is NC(=O)C1(F)CCN(c2cc(-n3ccnc3)ncn2)C1. The van der Waals surface area contributed by atoms with E-state index in [-0.39, 0.29) is 13.0 Å². The second kappa shape index (κ2) is 4.55. The lowest BCUT2D eigenvalue weighted by Crippen LogP contribution is -2.42. The number of hydrogen-bond acceptors (Lipinski definition) is 5. The largest absolute Gasteiger partial charge is 0.367 e. The van der Waals surface area contributed by atoms with Crippen LogP contribution in [-0.2, 0) is 4.79 Å². The third-order valence-electron chi connectivity index (χ3n) is 3.39. The van der Waals surface area contributed by atoms with Gasteiger partial charge in [-0.25, -0.2) is 19.3 Å². The third kappa shape index (κ3) is 2.09. The van der Waals surface area contributed by atoms with E-state index in [9.17, 15) is 9.18 Å². The Kier molecular flexibility index (Phi) is 2.85. The van der Waals surface area contributed by atoms with Crippen molar-refractivity contribution in [2.75, 3.05) is 18.0 Å². The van der Waals surface area contributed by atoms with Crippen LogP contribution in [0.2, 0.25) is 0 Å². The predicted octanol–water partition coefficient (Wildman–Crippen LogP) is 0.0660. The van der Waals surface area contributed by atoms with E-state index in [4.69, 9.17) is 5.73 Å². The molecule has 0 spiro atoms. The highest BCUT2D eigenvalue weighted by Crippen LogP contribution is 2.28. The van der Waals surface area contributed by atoms with Gasteiger partial charge >= 0.3 is 0 Å². The van der Waals surface area contributed by atoms with Crippen LogP contribution in [0.3, 0.4) is 0 Å². The quantitative estimate of drug-likeness (QED) is 0.856. The minimum atomic E-state index is -1.99. The van der Waals surface area contributed by atoms with E-state index < -0.39 is 11.6 Å². The van der Waals surface area contributed by atoms with E-state index in [0.717, 1.165) is 0 Å². The summed E-state index contributed by atoms with van der Waals surface area (Å²) in [6, 6.07) is 1.72. The van der Waals surface area contributed by atoms with Crippen LogP contribution < -0.4 is 10.6 Å². The van der Waals surface area contributed by atoms with Crippen LogP contribution in [0.25, 0.3) is 5.82 Å². The fourth-order valence-electron chi connectivity index (χ4n) is 2.22. The maximum Gasteiger partial charge on any atom is 0.257 e. The van der Waals surface area contributed by atoms with E-state index in [2.05, 4.69) is 15.0 Å². The van der Waals surface area contributed by atoms with Crippen LogP contribution in [0.4, 0.5) is 10.2 Å². The first-order valence-electron chi connectivity index (χ1n) is 6.13. The standard InChI is InChI=1S/C12H13FN6O/c13-12(11(14)20)1-3-18(6-12)9-5-10(17-7-16-9)19-4-2-15-8-19/h2,4-5,7-8H,1,3,6H2,(H2,14,20). The molecule has 2 aromatic heterocycles. The molecule has 1 aliphatic heterocycles. The van der Waals surface area contributed by atoms with Gasteiger partial charge in [-0.05, 0) is 0 Å². The van der Waals surface area contributed by atoms with Crippen molar-refractivity contribution >= 4 is 11.7 Å². The molecule has 8 heteroatoms. The van der Waals surface area contributed by atoms with Gasteiger partial charge in [0.15, 0.2) is 0 Å². The third-order valence-corrected chi connectivity index (χ3v) is 3.39. The Labute approximate surface area is 114 Å². The number of nitrogens with two attached hydrogens (primary N) is 1. The summed E-state index contributed by atoms with van der Waals surface area (Å²) in [4.78, 5) is 25.0. The van der Waals surface area contributed by atoms with E-state index >= 15 is 0 Å². The number of carbonyl (C=O) groups is 1. The zero-order chi connectivity index (χ0) is 14.2. The Balaban J connectivity index is 1.86. The van der Waals surface area contributed by atoms with Gasteiger partial charge in [0.1, 0.15) is 24.3 Å². The van der Waals surface area contributed by atoms with Gasteiger partial charge in [-0.1, -0.05) is 0 Å². The molecule has 7 nitrogen and oxygen atoms in total. The number of rotatable bonds is 3. The number of nitrogens with zero attached hydrogens (tertiary/aromatic N) is 5. The summed E-state index contributed by atoms with van der Waals surface area (Å²) in [6.45, 7) is 0.308. The lowest BCUT2D eigenvalue weighted by molar-refractivity contribution is -0.128. The average molecular weight is 276 g/mol. The van der Waals surface area contributed by atoms with Crippen LogP contribution in [0.5, 0.6) is 0 Å². The molecule has 3 heterocycles. The number of anilines is 1.